The molecule has 0 fully saturated rings. The topological polar surface area (TPSA) is 84.9 Å². The highest BCUT2D eigenvalue weighted by molar-refractivity contribution is 7.92. The van der Waals surface area contributed by atoms with Crippen LogP contribution in [0.15, 0.2) is 48.5 Å². The molecule has 0 heterocycles. The largest absolute Gasteiger partial charge is 0.497 e. The Kier molecular flexibility index (Phi) is 6.46. The van der Waals surface area contributed by atoms with Crippen molar-refractivity contribution in [1.29, 1.82) is 0 Å². The molecule has 1 N–H and O–H groups in total. The Morgan fingerprint density at radius 1 is 1.08 bits per heavy atom. The Balaban J connectivity index is 2.22. The number of amides is 1. The maximum absolute atomic E-state index is 12.3. The number of hydrogen-bond donors (Lipinski definition) is 1. The van der Waals surface area contributed by atoms with E-state index in [9.17, 15) is 13.2 Å². The second kappa shape index (κ2) is 8.57. The van der Waals surface area contributed by atoms with E-state index in [0.29, 0.717) is 18.0 Å². The molecule has 2 rings (SSSR count). The standard InChI is InChI=1S/C18H22N2O5S/c1-24-15-9-10-17(25-2)16(11-15)20(26(3,22)23)13-18(21)19-12-14-7-5-4-6-8-14/h4-11H,12-13H2,1-3H3,(H,19,21). The molecule has 0 atom stereocenters. The zero-order valence-corrected chi connectivity index (χ0v) is 15.7. The number of ether oxygens (including phenoxy) is 2. The lowest BCUT2D eigenvalue weighted by molar-refractivity contribution is -0.119. The van der Waals surface area contributed by atoms with Gasteiger partial charge in [0, 0.05) is 12.6 Å². The van der Waals surface area contributed by atoms with Gasteiger partial charge >= 0.3 is 0 Å². The van der Waals surface area contributed by atoms with E-state index in [1.54, 1.807) is 12.1 Å². The van der Waals surface area contributed by atoms with Gasteiger partial charge in [-0.1, -0.05) is 30.3 Å². The van der Waals surface area contributed by atoms with Crippen molar-refractivity contribution < 1.29 is 22.7 Å². The fourth-order valence-corrected chi connectivity index (χ4v) is 3.21. The smallest absolute Gasteiger partial charge is 0.241 e. The first-order chi connectivity index (χ1) is 12.3. The van der Waals surface area contributed by atoms with Gasteiger partial charge in [0.05, 0.1) is 26.2 Å². The number of nitrogens with zero attached hydrogens (tertiary/aromatic N) is 1. The molecule has 7 nitrogen and oxygen atoms in total. The maximum Gasteiger partial charge on any atom is 0.241 e. The molecule has 0 radical (unpaired) electrons. The third-order valence-electron chi connectivity index (χ3n) is 3.67. The summed E-state index contributed by atoms with van der Waals surface area (Å²) >= 11 is 0. The van der Waals surface area contributed by atoms with Gasteiger partial charge in [0.2, 0.25) is 15.9 Å². The average molecular weight is 378 g/mol. The summed E-state index contributed by atoms with van der Waals surface area (Å²) in [5, 5.41) is 2.72. The van der Waals surface area contributed by atoms with E-state index in [2.05, 4.69) is 5.32 Å². The van der Waals surface area contributed by atoms with Crippen molar-refractivity contribution >= 4 is 21.6 Å². The molecule has 0 saturated heterocycles. The van der Waals surface area contributed by atoms with Crippen molar-refractivity contribution in [3.05, 3.63) is 54.1 Å². The van der Waals surface area contributed by atoms with Crippen LogP contribution in [0.3, 0.4) is 0 Å². The molecule has 0 aliphatic rings. The molecule has 26 heavy (non-hydrogen) atoms. The van der Waals surface area contributed by atoms with Crippen molar-refractivity contribution in [1.82, 2.24) is 5.32 Å². The monoisotopic (exact) mass is 378 g/mol. The minimum atomic E-state index is -3.72. The molecule has 8 heteroatoms. The van der Waals surface area contributed by atoms with Crippen LogP contribution in [0, 0.1) is 0 Å². The number of anilines is 1. The summed E-state index contributed by atoms with van der Waals surface area (Å²) in [4.78, 5) is 12.3. The average Bonchev–Trinajstić information content (AvgIpc) is 2.63. The minimum absolute atomic E-state index is 0.240. The van der Waals surface area contributed by atoms with Gasteiger partial charge in [-0.3, -0.25) is 9.10 Å². The van der Waals surface area contributed by atoms with Crippen molar-refractivity contribution in [2.75, 3.05) is 31.3 Å². The second-order valence-corrected chi connectivity index (χ2v) is 7.48. The fourth-order valence-electron chi connectivity index (χ4n) is 2.36. The van der Waals surface area contributed by atoms with Crippen LogP contribution in [0.4, 0.5) is 5.69 Å². The second-order valence-electron chi connectivity index (χ2n) is 5.57. The van der Waals surface area contributed by atoms with E-state index < -0.39 is 15.9 Å². The number of benzene rings is 2. The van der Waals surface area contributed by atoms with E-state index in [0.717, 1.165) is 16.1 Å². The number of carbonyl (C=O) groups excluding carboxylic acids is 1. The van der Waals surface area contributed by atoms with Crippen LogP contribution in [0.2, 0.25) is 0 Å². The van der Waals surface area contributed by atoms with Gasteiger partial charge in [0.1, 0.15) is 18.0 Å². The number of hydrogen-bond acceptors (Lipinski definition) is 5. The van der Waals surface area contributed by atoms with Crippen LogP contribution < -0.4 is 19.1 Å². The molecule has 2 aromatic carbocycles. The lowest BCUT2D eigenvalue weighted by atomic mass is 10.2. The molecule has 1 amide bonds. The molecular formula is C18H22N2O5S. The Morgan fingerprint density at radius 3 is 2.35 bits per heavy atom. The Labute approximate surface area is 153 Å². The van der Waals surface area contributed by atoms with Crippen LogP contribution in [-0.4, -0.2) is 41.3 Å². The summed E-state index contributed by atoms with van der Waals surface area (Å²) in [6.45, 7) is -0.0539. The molecule has 0 aromatic heterocycles. The first-order valence-corrected chi connectivity index (χ1v) is 9.70. The highest BCUT2D eigenvalue weighted by Crippen LogP contribution is 2.33. The van der Waals surface area contributed by atoms with E-state index >= 15 is 0 Å². The van der Waals surface area contributed by atoms with Gasteiger partial charge in [-0.2, -0.15) is 0 Å². The molecule has 0 saturated carbocycles. The molecule has 0 bridgehead atoms. The Hall–Kier alpha value is -2.74. The van der Waals surface area contributed by atoms with Crippen LogP contribution in [-0.2, 0) is 21.4 Å². The first-order valence-electron chi connectivity index (χ1n) is 7.85. The van der Waals surface area contributed by atoms with Crippen LogP contribution in [0.5, 0.6) is 11.5 Å². The third kappa shape index (κ3) is 5.13. The number of sulfonamides is 1. The summed E-state index contributed by atoms with van der Waals surface area (Å²) in [5.74, 6) is 0.357. The Morgan fingerprint density at radius 2 is 1.77 bits per heavy atom. The zero-order chi connectivity index (χ0) is 19.2. The van der Waals surface area contributed by atoms with Crippen LogP contribution in [0.25, 0.3) is 0 Å². The van der Waals surface area contributed by atoms with Gasteiger partial charge in [-0.25, -0.2) is 8.42 Å². The summed E-state index contributed by atoms with van der Waals surface area (Å²) in [6, 6.07) is 14.1. The van der Waals surface area contributed by atoms with Crippen LogP contribution >= 0.6 is 0 Å². The summed E-state index contributed by atoms with van der Waals surface area (Å²) < 4.78 is 35.9. The SMILES string of the molecule is COc1ccc(OC)c(N(CC(=O)NCc2ccccc2)S(C)(=O)=O)c1. The summed E-state index contributed by atoms with van der Waals surface area (Å²) in [6.07, 6.45) is 1.04. The highest BCUT2D eigenvalue weighted by Gasteiger charge is 2.24. The molecule has 2 aromatic rings. The minimum Gasteiger partial charge on any atom is -0.497 e. The summed E-state index contributed by atoms with van der Waals surface area (Å²) in [7, 11) is -0.810. The molecule has 0 unspecified atom stereocenters. The molecule has 140 valence electrons. The van der Waals surface area contributed by atoms with Crippen LogP contribution in [0.1, 0.15) is 5.56 Å². The third-order valence-corrected chi connectivity index (χ3v) is 4.80. The number of nitrogens with one attached hydrogen (secondary N) is 1. The zero-order valence-electron chi connectivity index (χ0n) is 14.9. The molecule has 0 aliphatic heterocycles. The van der Waals surface area contributed by atoms with Crippen molar-refractivity contribution in [2.45, 2.75) is 6.54 Å². The summed E-state index contributed by atoms with van der Waals surface area (Å²) in [5.41, 5.74) is 1.16. The van der Waals surface area contributed by atoms with Crippen molar-refractivity contribution in [3.8, 4) is 11.5 Å². The quantitative estimate of drug-likeness (QED) is 0.757. The normalized spacial score (nSPS) is 10.9. The van der Waals surface area contributed by atoms with Gasteiger partial charge < -0.3 is 14.8 Å². The molecule has 0 spiro atoms. The van der Waals surface area contributed by atoms with E-state index in [1.165, 1.54) is 20.3 Å². The number of rotatable bonds is 8. The first kappa shape index (κ1) is 19.6. The van der Waals surface area contributed by atoms with E-state index in [-0.39, 0.29) is 12.2 Å². The van der Waals surface area contributed by atoms with Gasteiger partial charge in [0.15, 0.2) is 0 Å². The lowest BCUT2D eigenvalue weighted by Crippen LogP contribution is -2.40. The van der Waals surface area contributed by atoms with E-state index in [1.807, 2.05) is 30.3 Å². The van der Waals surface area contributed by atoms with Gasteiger partial charge in [-0.05, 0) is 17.7 Å². The number of carbonyl (C=O) groups is 1. The number of methoxy groups -OCH3 is 2. The van der Waals surface area contributed by atoms with Crippen molar-refractivity contribution in [2.24, 2.45) is 0 Å². The maximum atomic E-state index is 12.3. The predicted molar refractivity (Wildman–Crippen MR) is 100 cm³/mol. The Bertz CT molecular complexity index is 853. The van der Waals surface area contributed by atoms with Gasteiger partial charge in [-0.15, -0.1) is 0 Å². The molecule has 0 aliphatic carbocycles. The fraction of sp³-hybridized carbons (Fsp3) is 0.278. The van der Waals surface area contributed by atoms with Gasteiger partial charge in [0.25, 0.3) is 0 Å². The molecular weight excluding hydrogens is 356 g/mol. The van der Waals surface area contributed by atoms with Crippen molar-refractivity contribution in [3.63, 3.8) is 0 Å². The predicted octanol–water partition coefficient (Wildman–Crippen LogP) is 1.79. The highest BCUT2D eigenvalue weighted by atomic mass is 32.2. The lowest BCUT2D eigenvalue weighted by Gasteiger charge is -2.24. The van der Waals surface area contributed by atoms with E-state index in [4.69, 9.17) is 9.47 Å².